The molecule has 0 radical (unpaired) electrons. The molecule has 1 saturated heterocycles. The van der Waals surface area contributed by atoms with Gasteiger partial charge in [0.1, 0.15) is 0 Å². The highest BCUT2D eigenvalue weighted by Gasteiger charge is 2.51. The summed E-state index contributed by atoms with van der Waals surface area (Å²) in [6, 6.07) is 19.9. The Bertz CT molecular complexity index is 582. The van der Waals surface area contributed by atoms with Gasteiger partial charge in [-0.25, -0.2) is 0 Å². The lowest BCUT2D eigenvalue weighted by atomic mass is 9.93. The molecule has 2 aromatic rings. The van der Waals surface area contributed by atoms with Gasteiger partial charge < -0.3 is 9.84 Å². The summed E-state index contributed by atoms with van der Waals surface area (Å²) in [5.41, 5.74) is 1.28. The van der Waals surface area contributed by atoms with Crippen LogP contribution in [0, 0.1) is 0 Å². The lowest BCUT2D eigenvalue weighted by Gasteiger charge is -2.46. The molecule has 0 aromatic heterocycles. The Kier molecular flexibility index (Phi) is 4.22. The first-order valence-electron chi connectivity index (χ1n) is 7.35. The van der Waals surface area contributed by atoms with E-state index in [2.05, 4.69) is 0 Å². The summed E-state index contributed by atoms with van der Waals surface area (Å²) in [6.45, 7) is 1.65. The number of ether oxygens (including phenoxy) is 1. The molecule has 4 nitrogen and oxygen atoms in total. The van der Waals surface area contributed by atoms with E-state index in [4.69, 9.17) is 4.74 Å². The number of carboxylic acid groups (broad SMARTS) is 1. The third-order valence-electron chi connectivity index (χ3n) is 4.12. The molecule has 0 atom stereocenters. The van der Waals surface area contributed by atoms with Crippen molar-refractivity contribution in [2.45, 2.75) is 18.6 Å². The molecule has 0 unspecified atom stereocenters. The van der Waals surface area contributed by atoms with Gasteiger partial charge in [0, 0.05) is 13.1 Å². The van der Waals surface area contributed by atoms with Gasteiger partial charge in [-0.1, -0.05) is 60.7 Å². The molecule has 1 aliphatic rings. The summed E-state index contributed by atoms with van der Waals surface area (Å²) < 4.78 is 5.23. The van der Waals surface area contributed by atoms with Crippen LogP contribution >= 0.6 is 0 Å². The van der Waals surface area contributed by atoms with Crippen LogP contribution in [0.1, 0.15) is 11.1 Å². The molecule has 1 N–H and O–H groups in total. The Labute approximate surface area is 130 Å². The average molecular weight is 297 g/mol. The quantitative estimate of drug-likeness (QED) is 0.890. The zero-order valence-electron chi connectivity index (χ0n) is 12.3. The van der Waals surface area contributed by atoms with Crippen molar-refractivity contribution in [3.8, 4) is 0 Å². The highest BCUT2D eigenvalue weighted by molar-refractivity contribution is 5.80. The first-order valence-corrected chi connectivity index (χ1v) is 7.35. The van der Waals surface area contributed by atoms with Crippen LogP contribution in [0.15, 0.2) is 60.7 Å². The van der Waals surface area contributed by atoms with Gasteiger partial charge in [0.05, 0.1) is 13.2 Å². The fourth-order valence-electron chi connectivity index (χ4n) is 2.70. The van der Waals surface area contributed by atoms with E-state index in [1.165, 1.54) is 0 Å². The van der Waals surface area contributed by atoms with Gasteiger partial charge >= 0.3 is 5.97 Å². The average Bonchev–Trinajstić information content (AvgIpc) is 2.47. The maximum Gasteiger partial charge on any atom is 0.329 e. The molecule has 1 heterocycles. The van der Waals surface area contributed by atoms with E-state index in [1.807, 2.05) is 65.6 Å². The molecule has 4 heteroatoms. The minimum absolute atomic E-state index is 0.238. The number of hydrogen-bond donors (Lipinski definition) is 1. The van der Waals surface area contributed by atoms with Crippen molar-refractivity contribution in [1.29, 1.82) is 0 Å². The smallest absolute Gasteiger partial charge is 0.329 e. The van der Waals surface area contributed by atoms with E-state index in [1.54, 1.807) is 0 Å². The number of nitrogens with zero attached hydrogens (tertiary/aromatic N) is 1. The Hall–Kier alpha value is -2.17. The molecule has 0 amide bonds. The first kappa shape index (κ1) is 14.8. The van der Waals surface area contributed by atoms with Gasteiger partial charge in [-0.15, -0.1) is 0 Å². The third-order valence-corrected chi connectivity index (χ3v) is 4.12. The minimum atomic E-state index is -0.925. The Morgan fingerprint density at radius 3 is 1.73 bits per heavy atom. The molecule has 1 aliphatic heterocycles. The van der Waals surface area contributed by atoms with Crippen molar-refractivity contribution >= 4 is 5.97 Å². The second-order valence-electron chi connectivity index (χ2n) is 5.66. The summed E-state index contributed by atoms with van der Waals surface area (Å²) in [4.78, 5) is 13.8. The van der Waals surface area contributed by atoms with Crippen LogP contribution in [0.2, 0.25) is 0 Å². The first-order chi connectivity index (χ1) is 10.7. The molecule has 114 valence electrons. The molecule has 0 spiro atoms. The normalized spacial score (nSPS) is 16.2. The number of aliphatic carboxylic acids is 1. The standard InChI is InChI=1S/C18H19NO3/c20-17(21)18(13-22-14-18)19(11-15-7-3-1-4-8-15)12-16-9-5-2-6-10-16/h1-10H,11-14H2,(H,20,21). The second-order valence-corrected chi connectivity index (χ2v) is 5.66. The molecule has 0 saturated carbocycles. The topological polar surface area (TPSA) is 49.8 Å². The van der Waals surface area contributed by atoms with Crippen molar-refractivity contribution in [1.82, 2.24) is 4.90 Å². The number of carbonyl (C=O) groups is 1. The van der Waals surface area contributed by atoms with E-state index in [0.717, 1.165) is 11.1 Å². The summed E-state index contributed by atoms with van der Waals surface area (Å²) in [7, 11) is 0. The monoisotopic (exact) mass is 297 g/mol. The van der Waals surface area contributed by atoms with Crippen LogP contribution in [0.25, 0.3) is 0 Å². The largest absolute Gasteiger partial charge is 0.480 e. The SMILES string of the molecule is O=C(O)C1(N(Cc2ccccc2)Cc2ccccc2)COC1. The van der Waals surface area contributed by atoms with E-state index in [9.17, 15) is 9.90 Å². The Balaban J connectivity index is 1.86. The molecule has 2 aromatic carbocycles. The number of benzene rings is 2. The summed E-state index contributed by atoms with van der Waals surface area (Å²) in [6.07, 6.45) is 0. The lowest BCUT2D eigenvalue weighted by molar-refractivity contribution is -0.190. The fraction of sp³-hybridized carbons (Fsp3) is 0.278. The molecular weight excluding hydrogens is 278 g/mol. The molecule has 3 rings (SSSR count). The lowest BCUT2D eigenvalue weighted by Crippen LogP contribution is -2.66. The number of carboxylic acids is 1. The molecule has 1 fully saturated rings. The molecule has 0 aliphatic carbocycles. The van der Waals surface area contributed by atoms with Gasteiger partial charge in [0.25, 0.3) is 0 Å². The van der Waals surface area contributed by atoms with Crippen molar-refractivity contribution < 1.29 is 14.6 Å². The van der Waals surface area contributed by atoms with Crippen LogP contribution in [0.3, 0.4) is 0 Å². The molecular formula is C18H19NO3. The van der Waals surface area contributed by atoms with Crippen LogP contribution in [0.4, 0.5) is 0 Å². The minimum Gasteiger partial charge on any atom is -0.480 e. The van der Waals surface area contributed by atoms with Crippen molar-refractivity contribution in [3.05, 3.63) is 71.8 Å². The Morgan fingerprint density at radius 1 is 0.955 bits per heavy atom. The maximum atomic E-state index is 11.8. The summed E-state index contributed by atoms with van der Waals surface area (Å²) in [5.74, 6) is -0.814. The van der Waals surface area contributed by atoms with Crippen molar-refractivity contribution in [2.75, 3.05) is 13.2 Å². The van der Waals surface area contributed by atoms with E-state index < -0.39 is 11.5 Å². The van der Waals surface area contributed by atoms with Crippen molar-refractivity contribution in [3.63, 3.8) is 0 Å². The number of rotatable bonds is 6. The highest BCUT2D eigenvalue weighted by Crippen LogP contribution is 2.29. The van der Waals surface area contributed by atoms with Crippen LogP contribution in [-0.4, -0.2) is 34.7 Å². The highest BCUT2D eigenvalue weighted by atomic mass is 16.5. The fourth-order valence-corrected chi connectivity index (χ4v) is 2.70. The third kappa shape index (κ3) is 2.89. The second kappa shape index (κ2) is 6.30. The maximum absolute atomic E-state index is 11.8. The summed E-state index contributed by atoms with van der Waals surface area (Å²) >= 11 is 0. The number of hydrogen-bond acceptors (Lipinski definition) is 3. The van der Waals surface area contributed by atoms with Crippen LogP contribution in [0.5, 0.6) is 0 Å². The van der Waals surface area contributed by atoms with Crippen LogP contribution < -0.4 is 0 Å². The van der Waals surface area contributed by atoms with E-state index in [-0.39, 0.29) is 13.2 Å². The van der Waals surface area contributed by atoms with Gasteiger partial charge in [0.15, 0.2) is 5.54 Å². The summed E-state index contributed by atoms with van der Waals surface area (Å²) in [5, 5.41) is 9.69. The van der Waals surface area contributed by atoms with Crippen LogP contribution in [-0.2, 0) is 22.6 Å². The predicted octanol–water partition coefficient (Wildman–Crippen LogP) is 2.54. The zero-order chi connectivity index (χ0) is 15.4. The van der Waals surface area contributed by atoms with Gasteiger partial charge in [-0.05, 0) is 11.1 Å². The van der Waals surface area contributed by atoms with Gasteiger partial charge in [-0.3, -0.25) is 9.69 Å². The van der Waals surface area contributed by atoms with Gasteiger partial charge in [0.2, 0.25) is 0 Å². The predicted molar refractivity (Wildman–Crippen MR) is 83.3 cm³/mol. The zero-order valence-corrected chi connectivity index (χ0v) is 12.3. The van der Waals surface area contributed by atoms with E-state index >= 15 is 0 Å². The van der Waals surface area contributed by atoms with Crippen molar-refractivity contribution in [2.24, 2.45) is 0 Å². The van der Waals surface area contributed by atoms with Gasteiger partial charge in [-0.2, -0.15) is 0 Å². The molecule has 0 bridgehead atoms. The molecule has 22 heavy (non-hydrogen) atoms. The Morgan fingerprint density at radius 2 is 1.41 bits per heavy atom. The van der Waals surface area contributed by atoms with E-state index in [0.29, 0.717) is 13.1 Å².